The van der Waals surface area contributed by atoms with Crippen molar-refractivity contribution in [1.29, 1.82) is 0 Å². The van der Waals surface area contributed by atoms with Gasteiger partial charge in [0.2, 0.25) is 5.69 Å². The van der Waals surface area contributed by atoms with Gasteiger partial charge >= 0.3 is 11.4 Å². The average molecular weight is 283 g/mol. The van der Waals surface area contributed by atoms with Crippen molar-refractivity contribution < 1.29 is 14.7 Å². The van der Waals surface area contributed by atoms with Gasteiger partial charge in [0.25, 0.3) is 0 Å². The molecule has 20 heavy (non-hydrogen) atoms. The first kappa shape index (κ1) is 15.8. The number of hydroxylamine groups is 1. The van der Waals surface area contributed by atoms with Crippen molar-refractivity contribution in [3.63, 3.8) is 0 Å². The summed E-state index contributed by atoms with van der Waals surface area (Å²) in [5, 5.41) is 23.6. The van der Waals surface area contributed by atoms with Gasteiger partial charge < -0.3 is 0 Å². The van der Waals surface area contributed by atoms with E-state index in [1.165, 1.54) is 24.3 Å². The summed E-state index contributed by atoms with van der Waals surface area (Å²) in [6.45, 7) is 3.95. The summed E-state index contributed by atoms with van der Waals surface area (Å²) < 4.78 is 0. The number of nitrogens with zero attached hydrogens (tertiary/aromatic N) is 3. The van der Waals surface area contributed by atoms with Crippen molar-refractivity contribution in [2.75, 3.05) is 18.7 Å². The van der Waals surface area contributed by atoms with Crippen LogP contribution in [0.4, 0.5) is 17.1 Å². The molecule has 0 bridgehead atoms. The molecule has 0 fully saturated rings. The number of benzene rings is 1. The molecule has 0 aliphatic heterocycles. The maximum atomic E-state index is 11.2. The molecule has 0 aromatic heterocycles. The van der Waals surface area contributed by atoms with Crippen LogP contribution in [0.15, 0.2) is 12.1 Å². The zero-order chi connectivity index (χ0) is 15.3. The Morgan fingerprint density at radius 3 is 1.95 bits per heavy atom. The second-order valence-corrected chi connectivity index (χ2v) is 4.14. The van der Waals surface area contributed by atoms with Gasteiger partial charge in [0.1, 0.15) is 0 Å². The summed E-state index contributed by atoms with van der Waals surface area (Å²) in [6, 6.07) is 2.70. The van der Waals surface area contributed by atoms with E-state index >= 15 is 0 Å². The monoisotopic (exact) mass is 283 g/mol. The van der Waals surface area contributed by atoms with Gasteiger partial charge in [0.05, 0.1) is 17.0 Å². The van der Waals surface area contributed by atoms with Gasteiger partial charge in [-0.2, -0.15) is 0 Å². The van der Waals surface area contributed by atoms with Crippen LogP contribution in [-0.2, 0) is 11.3 Å². The Labute approximate surface area is 116 Å². The molecule has 0 atom stereocenters. The molecule has 1 aromatic carbocycles. The summed E-state index contributed by atoms with van der Waals surface area (Å²) in [5.41, 5.74) is -0.195. The Morgan fingerprint density at radius 1 is 1.15 bits per heavy atom. The predicted molar refractivity (Wildman–Crippen MR) is 73.8 cm³/mol. The number of nitro groups is 2. The van der Waals surface area contributed by atoms with E-state index in [0.717, 1.165) is 0 Å². The fourth-order valence-corrected chi connectivity index (χ4v) is 1.90. The average Bonchev–Trinajstić information content (AvgIpc) is 2.43. The first-order valence-electron chi connectivity index (χ1n) is 6.23. The smallest absolute Gasteiger partial charge is 0.276 e. The largest absolute Gasteiger partial charge is 0.302 e. The number of rotatable bonds is 7. The molecule has 0 N–H and O–H groups in total. The molecule has 1 rings (SSSR count). The van der Waals surface area contributed by atoms with E-state index in [4.69, 9.17) is 4.84 Å². The normalized spacial score (nSPS) is 10.3. The van der Waals surface area contributed by atoms with E-state index in [1.54, 1.807) is 6.92 Å². The van der Waals surface area contributed by atoms with E-state index in [9.17, 15) is 20.2 Å². The molecule has 0 heterocycles. The van der Waals surface area contributed by atoms with Gasteiger partial charge in [-0.3, -0.25) is 25.1 Å². The highest BCUT2D eigenvalue weighted by molar-refractivity contribution is 5.75. The van der Waals surface area contributed by atoms with Crippen molar-refractivity contribution in [2.24, 2.45) is 0 Å². The quantitative estimate of drug-likeness (QED) is 0.563. The maximum Gasteiger partial charge on any atom is 0.302 e. The van der Waals surface area contributed by atoms with Crippen LogP contribution in [0.3, 0.4) is 0 Å². The van der Waals surface area contributed by atoms with Crippen molar-refractivity contribution >= 4 is 17.1 Å². The lowest BCUT2D eigenvalue weighted by atomic mass is 10.1. The van der Waals surface area contributed by atoms with E-state index in [1.807, 2.05) is 6.92 Å². The van der Waals surface area contributed by atoms with Gasteiger partial charge in [0, 0.05) is 18.7 Å². The zero-order valence-electron chi connectivity index (χ0n) is 11.7. The third-order valence-corrected chi connectivity index (χ3v) is 2.83. The minimum atomic E-state index is -0.622. The number of hydrogen-bond acceptors (Lipinski definition) is 6. The molecule has 0 radical (unpaired) electrons. The van der Waals surface area contributed by atoms with Crippen LogP contribution in [0.1, 0.15) is 25.8 Å². The molecular weight excluding hydrogens is 266 g/mol. The predicted octanol–water partition coefficient (Wildman–Crippen LogP) is 2.84. The van der Waals surface area contributed by atoms with Crippen LogP contribution in [0.5, 0.6) is 0 Å². The standard InChI is InChI=1S/C12H17N3O5/c1-4-6-13(20-3)12-10(14(16)17)7-9(5-2)8-11(12)15(18)19/h7-8H,4-6H2,1-3H3. The Morgan fingerprint density at radius 2 is 1.65 bits per heavy atom. The number of nitro benzene ring substituents is 2. The summed E-state index contributed by atoms with van der Waals surface area (Å²) in [4.78, 5) is 26.2. The van der Waals surface area contributed by atoms with Gasteiger partial charge in [-0.05, 0) is 18.4 Å². The zero-order valence-corrected chi connectivity index (χ0v) is 11.7. The van der Waals surface area contributed by atoms with Crippen LogP contribution >= 0.6 is 0 Å². The minimum Gasteiger partial charge on any atom is -0.276 e. The van der Waals surface area contributed by atoms with Crippen molar-refractivity contribution in [2.45, 2.75) is 26.7 Å². The lowest BCUT2D eigenvalue weighted by molar-refractivity contribution is -0.393. The third-order valence-electron chi connectivity index (χ3n) is 2.83. The van der Waals surface area contributed by atoms with Crippen molar-refractivity contribution in [3.8, 4) is 0 Å². The van der Waals surface area contributed by atoms with E-state index < -0.39 is 9.85 Å². The SMILES string of the molecule is CCCN(OC)c1c([N+](=O)[O-])cc(CC)cc1[N+](=O)[O-]. The molecule has 0 spiro atoms. The van der Waals surface area contributed by atoms with Crippen LogP contribution in [0.2, 0.25) is 0 Å². The highest BCUT2D eigenvalue weighted by atomic mass is 16.7. The summed E-state index contributed by atoms with van der Waals surface area (Å²) in [7, 11) is 1.33. The highest BCUT2D eigenvalue weighted by Gasteiger charge is 2.31. The van der Waals surface area contributed by atoms with Gasteiger partial charge in [-0.25, -0.2) is 5.06 Å². The molecule has 8 heteroatoms. The second-order valence-electron chi connectivity index (χ2n) is 4.14. The number of hydrogen-bond donors (Lipinski definition) is 0. The molecule has 0 aliphatic rings. The van der Waals surface area contributed by atoms with Crippen molar-refractivity contribution in [1.82, 2.24) is 0 Å². The second kappa shape index (κ2) is 6.80. The summed E-state index contributed by atoms with van der Waals surface area (Å²) >= 11 is 0. The first-order valence-corrected chi connectivity index (χ1v) is 6.23. The highest BCUT2D eigenvalue weighted by Crippen LogP contribution is 2.39. The molecule has 0 aliphatic carbocycles. The molecule has 1 aromatic rings. The minimum absolute atomic E-state index is 0.110. The fourth-order valence-electron chi connectivity index (χ4n) is 1.90. The van der Waals surface area contributed by atoms with Crippen LogP contribution < -0.4 is 5.06 Å². The topological polar surface area (TPSA) is 98.8 Å². The van der Waals surface area contributed by atoms with Crippen molar-refractivity contribution in [3.05, 3.63) is 37.9 Å². The summed E-state index contributed by atoms with van der Waals surface area (Å²) in [5.74, 6) is 0. The van der Waals surface area contributed by atoms with Gasteiger partial charge in [0.15, 0.2) is 0 Å². The van der Waals surface area contributed by atoms with Crippen LogP contribution in [-0.4, -0.2) is 23.5 Å². The molecule has 0 unspecified atom stereocenters. The first-order chi connectivity index (χ1) is 9.46. The number of aryl methyl sites for hydroxylation is 1. The molecule has 0 saturated carbocycles. The molecule has 0 saturated heterocycles. The molecule has 110 valence electrons. The summed E-state index contributed by atoms with van der Waals surface area (Å²) in [6.07, 6.45) is 1.11. The Kier molecular flexibility index (Phi) is 5.39. The third kappa shape index (κ3) is 3.21. The number of anilines is 1. The Bertz CT molecular complexity index is 483. The Balaban J connectivity index is 3.58. The lowest BCUT2D eigenvalue weighted by Crippen LogP contribution is -2.24. The Hall–Kier alpha value is -2.22. The van der Waals surface area contributed by atoms with E-state index in [0.29, 0.717) is 24.9 Å². The molecule has 8 nitrogen and oxygen atoms in total. The van der Waals surface area contributed by atoms with Gasteiger partial charge in [-0.15, -0.1) is 0 Å². The van der Waals surface area contributed by atoms with Crippen LogP contribution in [0, 0.1) is 20.2 Å². The molecular formula is C12H17N3O5. The van der Waals surface area contributed by atoms with E-state index in [-0.39, 0.29) is 17.1 Å². The lowest BCUT2D eigenvalue weighted by Gasteiger charge is -2.20. The fraction of sp³-hybridized carbons (Fsp3) is 0.500. The van der Waals surface area contributed by atoms with Crippen LogP contribution in [0.25, 0.3) is 0 Å². The van der Waals surface area contributed by atoms with Gasteiger partial charge in [-0.1, -0.05) is 13.8 Å². The maximum absolute atomic E-state index is 11.2. The molecule has 0 amide bonds. The van der Waals surface area contributed by atoms with E-state index in [2.05, 4.69) is 0 Å².